The molecule has 1 heterocycles. The first-order valence-corrected chi connectivity index (χ1v) is 17.6. The highest BCUT2D eigenvalue weighted by Crippen LogP contribution is 2.75. The van der Waals surface area contributed by atoms with E-state index in [0.717, 1.165) is 55.4 Å². The number of carbonyl (C=O) groups excluding carboxylic acids is 2. The second kappa shape index (κ2) is 11.4. The molecule has 0 amide bonds. The Morgan fingerprint density at radius 2 is 1.78 bits per heavy atom. The quantitative estimate of drug-likeness (QED) is 0.157. The molecule has 0 radical (unpaired) electrons. The van der Waals surface area contributed by atoms with Gasteiger partial charge in [-0.15, -0.1) is 0 Å². The Morgan fingerprint density at radius 1 is 1.07 bits per heavy atom. The molecule has 11 atom stereocenters. The smallest absolute Gasteiger partial charge is 0.303 e. The number of allylic oxidation sites excluding steroid dienone is 3. The van der Waals surface area contributed by atoms with Crippen molar-refractivity contribution in [3.05, 3.63) is 34.2 Å². The van der Waals surface area contributed by atoms with Crippen molar-refractivity contribution in [2.24, 2.45) is 45.7 Å². The monoisotopic (exact) mass is 637 g/mol. The number of ether oxygens (including phenoxy) is 1. The number of nitrogens with zero attached hydrogens (tertiary/aromatic N) is 2. The number of ketones is 1. The molecule has 0 aliphatic heterocycles. The molecule has 1 unspecified atom stereocenters. The van der Waals surface area contributed by atoms with E-state index in [1.54, 1.807) is 6.92 Å². The third kappa shape index (κ3) is 4.65. The van der Waals surface area contributed by atoms with Crippen LogP contribution < -0.4 is 10.4 Å². The van der Waals surface area contributed by atoms with Crippen LogP contribution in [0.1, 0.15) is 119 Å². The molecule has 0 saturated heterocycles. The van der Waals surface area contributed by atoms with Crippen LogP contribution in [0.3, 0.4) is 0 Å². The molecule has 6 rings (SSSR count). The maximum atomic E-state index is 13.6. The number of aliphatic hydroxyl groups is 2. The molecule has 5 fully saturated rings. The largest absolute Gasteiger partial charge is 0.458 e. The van der Waals surface area contributed by atoms with Crippen LogP contribution in [0.4, 0.5) is 0 Å². The van der Waals surface area contributed by atoms with E-state index in [0.29, 0.717) is 25.8 Å². The third-order valence-electron chi connectivity index (χ3n) is 14.5. The Hall–Kier alpha value is -2.36. The van der Waals surface area contributed by atoms with E-state index in [1.165, 1.54) is 18.1 Å². The van der Waals surface area contributed by atoms with Crippen LogP contribution in [-0.4, -0.2) is 50.6 Å². The number of nitrogens with two attached hydrogens (primary N) is 1. The summed E-state index contributed by atoms with van der Waals surface area (Å²) < 4.78 is 8.13. The number of Topliss-reactive ketones (excluding diaryl/α,β-unsaturated/α-hetero) is 1. The summed E-state index contributed by atoms with van der Waals surface area (Å²) in [7, 11) is 0. The van der Waals surface area contributed by atoms with Crippen LogP contribution in [0.2, 0.25) is 0 Å². The molecule has 5 saturated carbocycles. The lowest BCUT2D eigenvalue weighted by molar-refractivity contribution is -0.831. The summed E-state index contributed by atoms with van der Waals surface area (Å²) in [6.07, 6.45) is 7.45. The highest BCUT2D eigenvalue weighted by molar-refractivity contribution is 5.95. The number of fused-ring (bicyclic) bond motifs is 5. The summed E-state index contributed by atoms with van der Waals surface area (Å²) in [5.41, 5.74) is 9.77. The van der Waals surface area contributed by atoms with E-state index in [9.17, 15) is 19.8 Å². The number of nitrogens with one attached hydrogen (secondary N) is 1. The van der Waals surface area contributed by atoms with Gasteiger partial charge in [0.05, 0.1) is 18.8 Å². The van der Waals surface area contributed by atoms with Gasteiger partial charge in [0.2, 0.25) is 5.69 Å². The van der Waals surface area contributed by atoms with Gasteiger partial charge in [-0.3, -0.25) is 9.59 Å². The highest BCUT2D eigenvalue weighted by atomic mass is 16.5. The number of hydrogen-bond acceptors (Lipinski definition) is 7. The van der Waals surface area contributed by atoms with Crippen LogP contribution in [0.5, 0.6) is 0 Å². The van der Waals surface area contributed by atoms with Crippen molar-refractivity contribution in [3.63, 3.8) is 0 Å². The number of H-pyrrole nitrogens is 1. The molecule has 5 aliphatic rings. The van der Waals surface area contributed by atoms with Gasteiger partial charge in [0.25, 0.3) is 0 Å². The fourth-order valence-corrected chi connectivity index (χ4v) is 12.2. The fraction of sp³-hybridized carbons (Fsp3) is 0.784. The van der Waals surface area contributed by atoms with Crippen LogP contribution in [0.25, 0.3) is 0 Å². The molecular formula is C37H57N4O5+. The Bertz CT molecular complexity index is 1480. The van der Waals surface area contributed by atoms with E-state index < -0.39 is 23.9 Å². The number of aromatic nitrogens is 3. The standard InChI is InChI=1S/C37H56N4O5/c1-20(2)23-9-10-24(15-23)31(21(3)42)32-26-16-27(44)33-34(5)13-12-30(45)37(8,41-19-25(18-38)39-40-41)29(34)11-14-35(33,6)36(26,7)17-28(32)46-22(4)43/h19,24,26-30,33,44-45H,9-18,38H2,1-8H3/p+1/b32-31+/t24?,26-,27+,28-,29+,30+,33-,34-,35-,36-,37+/m0/s1. The molecular weight excluding hydrogens is 580 g/mol. The van der Waals surface area contributed by atoms with E-state index in [-0.39, 0.29) is 51.7 Å². The van der Waals surface area contributed by atoms with Crippen LogP contribution in [-0.2, 0) is 26.4 Å². The van der Waals surface area contributed by atoms with E-state index >= 15 is 0 Å². The zero-order valence-electron chi connectivity index (χ0n) is 29.3. The number of carbonyl (C=O) groups is 2. The maximum absolute atomic E-state index is 13.6. The number of rotatable bonds is 5. The Balaban J connectivity index is 1.46. The first-order valence-electron chi connectivity index (χ1n) is 17.6. The van der Waals surface area contributed by atoms with Crippen molar-refractivity contribution < 1.29 is 29.2 Å². The van der Waals surface area contributed by atoms with Crippen molar-refractivity contribution in [3.8, 4) is 0 Å². The maximum Gasteiger partial charge on any atom is 0.303 e. The van der Waals surface area contributed by atoms with Gasteiger partial charge in [0.1, 0.15) is 6.10 Å². The predicted molar refractivity (Wildman–Crippen MR) is 174 cm³/mol. The molecule has 254 valence electrons. The molecule has 0 spiro atoms. The van der Waals surface area contributed by atoms with E-state index in [4.69, 9.17) is 10.5 Å². The Morgan fingerprint density at radius 3 is 2.37 bits per heavy atom. The minimum Gasteiger partial charge on any atom is -0.458 e. The van der Waals surface area contributed by atoms with E-state index in [2.05, 4.69) is 51.9 Å². The zero-order valence-corrected chi connectivity index (χ0v) is 29.3. The normalized spacial score (nSPS) is 44.7. The Labute approximate surface area is 274 Å². The average Bonchev–Trinajstić information content (AvgIpc) is 3.71. The third-order valence-corrected chi connectivity index (χ3v) is 14.5. The van der Waals surface area contributed by atoms with Gasteiger partial charge in [-0.1, -0.05) is 37.1 Å². The minimum atomic E-state index is -0.639. The van der Waals surface area contributed by atoms with Crippen LogP contribution >= 0.6 is 0 Å². The van der Waals surface area contributed by atoms with Crippen LogP contribution in [0, 0.1) is 39.9 Å². The Kier molecular flexibility index (Phi) is 8.29. The van der Waals surface area contributed by atoms with Gasteiger partial charge in [0.15, 0.2) is 17.5 Å². The lowest BCUT2D eigenvalue weighted by Crippen LogP contribution is -2.75. The molecule has 46 heavy (non-hydrogen) atoms. The molecule has 0 bridgehead atoms. The van der Waals surface area contributed by atoms with Gasteiger partial charge in [-0.25, -0.2) is 0 Å². The SMILES string of the molecule is CC(=O)O[C@H]1C[C@@]2(C)[C@@H](C[C@@H](O)[C@H]3[C@@]4(C)CC[C@@H](O)[C@](C)([n+]5cc(CN)n[nH]5)[C@@H]4CC[C@@]32C)/C1=C(/C(C)=O)C1CCC(=C(C)C)C1. The summed E-state index contributed by atoms with van der Waals surface area (Å²) in [5.74, 6) is -0.156. The lowest BCUT2D eigenvalue weighted by atomic mass is 9.35. The van der Waals surface area contributed by atoms with E-state index in [1.807, 2.05) is 10.9 Å². The number of hydrogen-bond donors (Lipinski definition) is 4. The summed E-state index contributed by atoms with van der Waals surface area (Å²) in [4.78, 5) is 26.2. The molecule has 1 aromatic rings. The summed E-state index contributed by atoms with van der Waals surface area (Å²) in [5, 5.41) is 31.6. The van der Waals surface area contributed by atoms with Gasteiger partial charge in [-0.2, -0.15) is 4.68 Å². The molecule has 5 N–H and O–H groups in total. The first-order chi connectivity index (χ1) is 21.5. The van der Waals surface area contributed by atoms with Crippen molar-refractivity contribution in [1.29, 1.82) is 0 Å². The number of aromatic amines is 1. The van der Waals surface area contributed by atoms with Crippen molar-refractivity contribution in [1.82, 2.24) is 10.3 Å². The molecule has 5 aliphatic carbocycles. The van der Waals surface area contributed by atoms with Gasteiger partial charge in [0, 0.05) is 23.5 Å². The molecule has 9 nitrogen and oxygen atoms in total. The average molecular weight is 638 g/mol. The predicted octanol–water partition coefficient (Wildman–Crippen LogP) is 4.81. The van der Waals surface area contributed by atoms with Gasteiger partial charge < -0.3 is 20.7 Å². The van der Waals surface area contributed by atoms with Crippen molar-refractivity contribution in [2.75, 3.05) is 0 Å². The van der Waals surface area contributed by atoms with Gasteiger partial charge in [-0.05, 0) is 125 Å². The topological polar surface area (TPSA) is 142 Å². The zero-order chi connectivity index (χ0) is 33.6. The van der Waals surface area contributed by atoms with Crippen molar-refractivity contribution in [2.45, 2.75) is 144 Å². The summed E-state index contributed by atoms with van der Waals surface area (Å²) in [6.45, 7) is 17.0. The van der Waals surface area contributed by atoms with Crippen LogP contribution in [0.15, 0.2) is 28.5 Å². The molecule has 0 aromatic carbocycles. The minimum absolute atomic E-state index is 0.0359. The van der Waals surface area contributed by atoms with Gasteiger partial charge >= 0.3 is 5.97 Å². The fourth-order valence-electron chi connectivity index (χ4n) is 12.2. The number of aliphatic hydroxyl groups excluding tert-OH is 2. The first kappa shape index (κ1) is 33.5. The summed E-state index contributed by atoms with van der Waals surface area (Å²) >= 11 is 0. The second-order valence-corrected chi connectivity index (χ2v) is 16.7. The molecule has 1 aromatic heterocycles. The van der Waals surface area contributed by atoms with Crippen molar-refractivity contribution >= 4 is 11.8 Å². The highest BCUT2D eigenvalue weighted by Gasteiger charge is 2.73. The summed E-state index contributed by atoms with van der Waals surface area (Å²) in [6, 6.07) is 0. The number of esters is 1. The molecule has 9 heteroatoms. The lowest BCUT2D eigenvalue weighted by Gasteiger charge is -2.69. The second-order valence-electron chi connectivity index (χ2n) is 16.7.